The van der Waals surface area contributed by atoms with Crippen LogP contribution in [0.2, 0.25) is 0 Å². The summed E-state index contributed by atoms with van der Waals surface area (Å²) in [5, 5.41) is 9.47. The van der Waals surface area contributed by atoms with Gasteiger partial charge in [0.25, 0.3) is 0 Å². The lowest BCUT2D eigenvalue weighted by atomic mass is 10.1. The Morgan fingerprint density at radius 1 is 0.905 bits per heavy atom. The minimum absolute atomic E-state index is 0.114. The van der Waals surface area contributed by atoms with Gasteiger partial charge in [-0.3, -0.25) is 4.79 Å². The number of aliphatic hydroxyl groups excluding tert-OH is 1. The van der Waals surface area contributed by atoms with Crippen LogP contribution in [-0.4, -0.2) is 16.7 Å². The van der Waals surface area contributed by atoms with E-state index in [2.05, 4.69) is 4.98 Å². The summed E-state index contributed by atoms with van der Waals surface area (Å²) in [6, 6.07) is 9.41. The Bertz CT molecular complexity index is 603. The van der Waals surface area contributed by atoms with Gasteiger partial charge in [0.05, 0.1) is 0 Å². The molecule has 2 rings (SSSR count). The third-order valence-electron chi connectivity index (χ3n) is 3.90. The number of pyridine rings is 1. The lowest BCUT2D eigenvalue weighted by Crippen LogP contribution is -2.05. The molecule has 0 amide bonds. The molecule has 0 saturated heterocycles. The van der Waals surface area contributed by atoms with Crippen molar-refractivity contribution in [3.63, 3.8) is 0 Å². The van der Waals surface area contributed by atoms with E-state index < -0.39 is 0 Å². The molecule has 2 N–H and O–H groups in total. The normalized spacial score (nSPS) is 11.1. The molecule has 0 saturated carbocycles. The molecule has 2 aromatic rings. The third-order valence-corrected chi connectivity index (χ3v) is 3.90. The topological polar surface area (TPSA) is 53.1 Å². The van der Waals surface area contributed by atoms with E-state index in [0.29, 0.717) is 6.61 Å². The van der Waals surface area contributed by atoms with Crippen molar-refractivity contribution in [1.29, 1.82) is 0 Å². The van der Waals surface area contributed by atoms with Gasteiger partial charge in [0.1, 0.15) is 0 Å². The number of para-hydroxylation sites is 1. The van der Waals surface area contributed by atoms with Crippen LogP contribution in [0.15, 0.2) is 35.1 Å². The van der Waals surface area contributed by atoms with Gasteiger partial charge in [-0.05, 0) is 31.4 Å². The molecule has 1 aromatic heterocycles. The fraction of sp³-hybridized carbons (Fsp3) is 0.500. The van der Waals surface area contributed by atoms with Crippen LogP contribution < -0.4 is 5.43 Å². The standard InChI is InChI=1S/C18H25NO2/c20-13-9-5-3-1-2-4-6-10-15-14-18(21)16-11-7-8-12-17(16)19-15/h7-8,11-12,14,20H,1-6,9-10,13H2,(H,19,21). The number of fused-ring (bicyclic) bond motifs is 1. The van der Waals surface area contributed by atoms with E-state index in [1.54, 1.807) is 6.07 Å². The molecule has 0 aliphatic rings. The number of aliphatic hydroxyl groups is 1. The van der Waals surface area contributed by atoms with Gasteiger partial charge < -0.3 is 10.1 Å². The SMILES string of the molecule is O=c1cc(CCCCCCCCCO)[nH]c2ccccc12. The zero-order chi connectivity index (χ0) is 14.9. The fourth-order valence-electron chi connectivity index (χ4n) is 2.70. The van der Waals surface area contributed by atoms with Gasteiger partial charge in [0, 0.05) is 29.3 Å². The Hall–Kier alpha value is -1.61. The first kappa shape index (κ1) is 15.8. The molecule has 0 fully saturated rings. The number of hydrogen-bond acceptors (Lipinski definition) is 2. The molecule has 0 radical (unpaired) electrons. The Morgan fingerprint density at radius 2 is 1.57 bits per heavy atom. The van der Waals surface area contributed by atoms with Gasteiger partial charge in [-0.1, -0.05) is 44.2 Å². The molecular weight excluding hydrogens is 262 g/mol. The van der Waals surface area contributed by atoms with Crippen LogP contribution in [0.25, 0.3) is 10.9 Å². The van der Waals surface area contributed by atoms with Gasteiger partial charge >= 0.3 is 0 Å². The lowest BCUT2D eigenvalue weighted by molar-refractivity contribution is 0.282. The summed E-state index contributed by atoms with van der Waals surface area (Å²) in [4.78, 5) is 15.4. The highest BCUT2D eigenvalue weighted by atomic mass is 16.2. The maximum atomic E-state index is 12.0. The van der Waals surface area contributed by atoms with Crippen LogP contribution in [0, 0.1) is 0 Å². The van der Waals surface area contributed by atoms with Crippen molar-refractivity contribution in [2.45, 2.75) is 51.4 Å². The summed E-state index contributed by atoms with van der Waals surface area (Å²) in [5.74, 6) is 0. The number of aromatic amines is 1. The Balaban J connectivity index is 1.75. The maximum absolute atomic E-state index is 12.0. The molecule has 0 aliphatic heterocycles. The molecule has 0 spiro atoms. The number of rotatable bonds is 9. The molecule has 3 heteroatoms. The molecule has 0 unspecified atom stereocenters. The summed E-state index contributed by atoms with van der Waals surface area (Å²) in [5.41, 5.74) is 2.09. The summed E-state index contributed by atoms with van der Waals surface area (Å²) in [6.45, 7) is 0.315. The van der Waals surface area contributed by atoms with Gasteiger partial charge in [-0.15, -0.1) is 0 Å². The summed E-state index contributed by atoms with van der Waals surface area (Å²) in [7, 11) is 0. The van der Waals surface area contributed by atoms with E-state index in [9.17, 15) is 4.79 Å². The minimum atomic E-state index is 0.114. The number of aromatic nitrogens is 1. The van der Waals surface area contributed by atoms with E-state index >= 15 is 0 Å². The van der Waals surface area contributed by atoms with Crippen LogP contribution in [-0.2, 0) is 6.42 Å². The predicted molar refractivity (Wildman–Crippen MR) is 87.7 cm³/mol. The first-order chi connectivity index (χ1) is 10.3. The number of nitrogens with one attached hydrogen (secondary N) is 1. The van der Waals surface area contributed by atoms with Gasteiger partial charge in [0.2, 0.25) is 0 Å². The monoisotopic (exact) mass is 287 g/mol. The molecule has 0 aliphatic carbocycles. The van der Waals surface area contributed by atoms with Crippen molar-refractivity contribution in [1.82, 2.24) is 4.98 Å². The average Bonchev–Trinajstić information content (AvgIpc) is 2.50. The van der Waals surface area contributed by atoms with Crippen LogP contribution in [0.5, 0.6) is 0 Å². The van der Waals surface area contributed by atoms with Crippen LogP contribution in [0.4, 0.5) is 0 Å². The van der Waals surface area contributed by atoms with Gasteiger partial charge in [-0.25, -0.2) is 0 Å². The highest BCUT2D eigenvalue weighted by Gasteiger charge is 2.01. The average molecular weight is 287 g/mol. The number of benzene rings is 1. The first-order valence-electron chi connectivity index (χ1n) is 8.03. The molecule has 0 atom stereocenters. The van der Waals surface area contributed by atoms with Crippen molar-refractivity contribution in [2.24, 2.45) is 0 Å². The van der Waals surface area contributed by atoms with E-state index in [1.165, 1.54) is 25.7 Å². The van der Waals surface area contributed by atoms with E-state index in [0.717, 1.165) is 42.3 Å². The minimum Gasteiger partial charge on any atom is -0.396 e. The Kier molecular flexibility index (Phi) is 6.48. The quantitative estimate of drug-likeness (QED) is 0.689. The van der Waals surface area contributed by atoms with E-state index in [-0.39, 0.29) is 5.43 Å². The second-order valence-corrected chi connectivity index (χ2v) is 5.65. The second-order valence-electron chi connectivity index (χ2n) is 5.65. The largest absolute Gasteiger partial charge is 0.396 e. The van der Waals surface area contributed by atoms with Crippen molar-refractivity contribution in [3.05, 3.63) is 46.2 Å². The second kappa shape index (κ2) is 8.63. The maximum Gasteiger partial charge on any atom is 0.189 e. The van der Waals surface area contributed by atoms with Crippen molar-refractivity contribution >= 4 is 10.9 Å². The molecule has 1 aromatic carbocycles. The van der Waals surface area contributed by atoms with E-state index in [1.807, 2.05) is 24.3 Å². The lowest BCUT2D eigenvalue weighted by Gasteiger charge is -2.05. The van der Waals surface area contributed by atoms with Gasteiger partial charge in [0.15, 0.2) is 5.43 Å². The summed E-state index contributed by atoms with van der Waals surface area (Å²) >= 11 is 0. The highest BCUT2D eigenvalue weighted by Crippen LogP contribution is 2.11. The molecule has 3 nitrogen and oxygen atoms in total. The summed E-state index contributed by atoms with van der Waals surface area (Å²) < 4.78 is 0. The molecule has 1 heterocycles. The number of unbranched alkanes of at least 4 members (excludes halogenated alkanes) is 6. The van der Waals surface area contributed by atoms with Crippen LogP contribution in [0.3, 0.4) is 0 Å². The molecule has 0 bridgehead atoms. The predicted octanol–water partition coefficient (Wildman–Crippen LogP) is 3.79. The zero-order valence-corrected chi connectivity index (χ0v) is 12.6. The van der Waals surface area contributed by atoms with Gasteiger partial charge in [-0.2, -0.15) is 0 Å². The Labute approximate surface area is 126 Å². The molecule has 114 valence electrons. The fourth-order valence-corrected chi connectivity index (χ4v) is 2.70. The molecular formula is C18H25NO2. The molecule has 21 heavy (non-hydrogen) atoms. The van der Waals surface area contributed by atoms with E-state index in [4.69, 9.17) is 5.11 Å². The number of H-pyrrole nitrogens is 1. The zero-order valence-electron chi connectivity index (χ0n) is 12.6. The van der Waals surface area contributed by atoms with Crippen LogP contribution in [0.1, 0.15) is 50.6 Å². The third kappa shape index (κ3) is 5.01. The number of aryl methyl sites for hydroxylation is 1. The number of hydrogen-bond donors (Lipinski definition) is 2. The van der Waals surface area contributed by atoms with Crippen molar-refractivity contribution < 1.29 is 5.11 Å². The van der Waals surface area contributed by atoms with Crippen molar-refractivity contribution in [2.75, 3.05) is 6.61 Å². The highest BCUT2D eigenvalue weighted by molar-refractivity contribution is 5.78. The summed E-state index contributed by atoms with van der Waals surface area (Å²) in [6.07, 6.45) is 9.02. The Morgan fingerprint density at radius 3 is 2.33 bits per heavy atom. The van der Waals surface area contributed by atoms with Crippen molar-refractivity contribution in [3.8, 4) is 0 Å². The first-order valence-corrected chi connectivity index (χ1v) is 8.03. The smallest absolute Gasteiger partial charge is 0.189 e. The van der Waals surface area contributed by atoms with Crippen LogP contribution >= 0.6 is 0 Å².